The molecular weight excluding hydrogens is 301 g/mol. The number of carboxylic acids is 1. The van der Waals surface area contributed by atoms with E-state index in [-0.39, 0.29) is 17.2 Å². The molecule has 1 aromatic carbocycles. The van der Waals surface area contributed by atoms with Gasteiger partial charge in [-0.25, -0.2) is 13.9 Å². The lowest BCUT2D eigenvalue weighted by Crippen LogP contribution is -2.44. The number of hydrogen-bond donors (Lipinski definition) is 2. The number of aromatic nitrogens is 2. The molecule has 0 radical (unpaired) electrons. The van der Waals surface area contributed by atoms with Crippen molar-refractivity contribution in [3.05, 3.63) is 47.5 Å². The van der Waals surface area contributed by atoms with E-state index in [1.54, 1.807) is 39.0 Å². The first-order valence-corrected chi connectivity index (χ1v) is 7.16. The van der Waals surface area contributed by atoms with Gasteiger partial charge in [-0.05, 0) is 25.0 Å². The fourth-order valence-corrected chi connectivity index (χ4v) is 2.23. The maximum Gasteiger partial charge on any atom is 0.326 e. The smallest absolute Gasteiger partial charge is 0.326 e. The van der Waals surface area contributed by atoms with Crippen LogP contribution in [-0.4, -0.2) is 32.8 Å². The summed E-state index contributed by atoms with van der Waals surface area (Å²) in [6, 6.07) is 5.07. The molecule has 1 heterocycles. The van der Waals surface area contributed by atoms with E-state index in [2.05, 4.69) is 10.4 Å². The van der Waals surface area contributed by atoms with Crippen molar-refractivity contribution in [1.29, 1.82) is 0 Å². The normalized spacial score (nSPS) is 12.2. The number of benzene rings is 1. The van der Waals surface area contributed by atoms with Gasteiger partial charge in [0.2, 0.25) is 0 Å². The van der Waals surface area contributed by atoms with E-state index in [9.17, 15) is 14.0 Å². The summed E-state index contributed by atoms with van der Waals surface area (Å²) in [5.41, 5.74) is 0.864. The standard InChI is InChI=1S/C16H18FN3O3/c1-9(2)14(16(22)23)19-15(21)11-8-18-20(10(11)3)13-7-5-4-6-12(13)17/h4-9,14H,1-3H3,(H,19,21)(H,22,23)/t14-/m0/s1. The molecule has 23 heavy (non-hydrogen) atoms. The van der Waals surface area contributed by atoms with Crippen LogP contribution in [-0.2, 0) is 4.79 Å². The highest BCUT2D eigenvalue weighted by Gasteiger charge is 2.26. The Morgan fingerprint density at radius 3 is 2.52 bits per heavy atom. The van der Waals surface area contributed by atoms with Gasteiger partial charge in [0.25, 0.3) is 5.91 Å². The van der Waals surface area contributed by atoms with E-state index in [0.29, 0.717) is 5.69 Å². The molecule has 0 spiro atoms. The van der Waals surface area contributed by atoms with Crippen molar-refractivity contribution in [3.8, 4) is 5.69 Å². The Labute approximate surface area is 132 Å². The lowest BCUT2D eigenvalue weighted by molar-refractivity contribution is -0.140. The number of rotatable bonds is 5. The minimum absolute atomic E-state index is 0.208. The summed E-state index contributed by atoms with van der Waals surface area (Å²) in [5, 5.41) is 15.6. The summed E-state index contributed by atoms with van der Waals surface area (Å²) in [6.07, 6.45) is 1.30. The summed E-state index contributed by atoms with van der Waals surface area (Å²) in [4.78, 5) is 23.5. The number of hydrogen-bond acceptors (Lipinski definition) is 3. The molecule has 2 N–H and O–H groups in total. The fourth-order valence-electron chi connectivity index (χ4n) is 2.23. The minimum atomic E-state index is -1.10. The quantitative estimate of drug-likeness (QED) is 0.884. The van der Waals surface area contributed by atoms with Gasteiger partial charge in [0, 0.05) is 0 Å². The third-order valence-electron chi connectivity index (χ3n) is 3.55. The van der Waals surface area contributed by atoms with Gasteiger partial charge < -0.3 is 10.4 Å². The third-order valence-corrected chi connectivity index (χ3v) is 3.55. The largest absolute Gasteiger partial charge is 0.480 e. The van der Waals surface area contributed by atoms with Crippen LogP contribution >= 0.6 is 0 Å². The molecule has 2 rings (SSSR count). The molecule has 2 aromatic rings. The van der Waals surface area contributed by atoms with Crippen LogP contribution in [0.5, 0.6) is 0 Å². The number of aliphatic carboxylic acids is 1. The van der Waals surface area contributed by atoms with Crippen LogP contribution in [0.25, 0.3) is 5.69 Å². The van der Waals surface area contributed by atoms with E-state index < -0.39 is 23.7 Å². The number of carbonyl (C=O) groups is 2. The number of amides is 1. The molecule has 0 unspecified atom stereocenters. The zero-order valence-electron chi connectivity index (χ0n) is 13.1. The van der Waals surface area contributed by atoms with Crippen LogP contribution in [0.15, 0.2) is 30.5 Å². The van der Waals surface area contributed by atoms with Gasteiger partial charge in [-0.15, -0.1) is 0 Å². The van der Waals surface area contributed by atoms with Gasteiger partial charge in [0.05, 0.1) is 17.5 Å². The van der Waals surface area contributed by atoms with Crippen LogP contribution in [0.3, 0.4) is 0 Å². The molecule has 0 aliphatic carbocycles. The van der Waals surface area contributed by atoms with Crippen LogP contribution in [0, 0.1) is 18.7 Å². The van der Waals surface area contributed by atoms with Gasteiger partial charge in [0.1, 0.15) is 17.5 Å². The summed E-state index contributed by atoms with van der Waals surface area (Å²) in [5.74, 6) is -2.38. The molecule has 0 aliphatic heterocycles. The van der Waals surface area contributed by atoms with Crippen LogP contribution in [0.1, 0.15) is 29.9 Å². The summed E-state index contributed by atoms with van der Waals surface area (Å²) < 4.78 is 15.2. The molecule has 1 aromatic heterocycles. The zero-order chi connectivity index (χ0) is 17.1. The number of para-hydroxylation sites is 1. The fraction of sp³-hybridized carbons (Fsp3) is 0.312. The maximum absolute atomic E-state index is 13.8. The highest BCUT2D eigenvalue weighted by molar-refractivity contribution is 5.97. The third kappa shape index (κ3) is 3.39. The average Bonchev–Trinajstić information content (AvgIpc) is 2.86. The van der Waals surface area contributed by atoms with Crippen molar-refractivity contribution in [2.45, 2.75) is 26.8 Å². The van der Waals surface area contributed by atoms with Crippen LogP contribution in [0.2, 0.25) is 0 Å². The van der Waals surface area contributed by atoms with Crippen molar-refractivity contribution in [1.82, 2.24) is 15.1 Å². The molecule has 0 saturated carbocycles. The van der Waals surface area contributed by atoms with Gasteiger partial charge in [-0.2, -0.15) is 5.10 Å². The van der Waals surface area contributed by atoms with Gasteiger partial charge in [0.15, 0.2) is 0 Å². The zero-order valence-corrected chi connectivity index (χ0v) is 13.1. The number of carbonyl (C=O) groups excluding carboxylic acids is 1. The Morgan fingerprint density at radius 1 is 1.30 bits per heavy atom. The number of nitrogens with one attached hydrogen (secondary N) is 1. The molecule has 122 valence electrons. The van der Waals surface area contributed by atoms with Crippen molar-refractivity contribution in [2.75, 3.05) is 0 Å². The van der Waals surface area contributed by atoms with Crippen molar-refractivity contribution in [3.63, 3.8) is 0 Å². The molecule has 7 heteroatoms. The first kappa shape index (κ1) is 16.7. The maximum atomic E-state index is 13.8. The van der Waals surface area contributed by atoms with E-state index in [1.165, 1.54) is 16.9 Å². The topological polar surface area (TPSA) is 84.2 Å². The first-order valence-electron chi connectivity index (χ1n) is 7.16. The second kappa shape index (κ2) is 6.60. The Hall–Kier alpha value is -2.70. The van der Waals surface area contributed by atoms with Gasteiger partial charge in [-0.3, -0.25) is 4.79 Å². The highest BCUT2D eigenvalue weighted by Crippen LogP contribution is 2.17. The SMILES string of the molecule is Cc1c(C(=O)N[C@H](C(=O)O)C(C)C)cnn1-c1ccccc1F. The Bertz CT molecular complexity index is 740. The first-order chi connectivity index (χ1) is 10.8. The van der Waals surface area contributed by atoms with Crippen LogP contribution < -0.4 is 5.32 Å². The predicted molar refractivity (Wildman–Crippen MR) is 82.0 cm³/mol. The minimum Gasteiger partial charge on any atom is -0.480 e. The monoisotopic (exact) mass is 319 g/mol. The number of nitrogens with zero attached hydrogens (tertiary/aromatic N) is 2. The van der Waals surface area contributed by atoms with Crippen molar-refractivity contribution >= 4 is 11.9 Å². The molecule has 6 nitrogen and oxygen atoms in total. The molecular formula is C16H18FN3O3. The van der Waals surface area contributed by atoms with E-state index in [0.717, 1.165) is 0 Å². The summed E-state index contributed by atoms with van der Waals surface area (Å²) in [6.45, 7) is 5.03. The summed E-state index contributed by atoms with van der Waals surface area (Å²) in [7, 11) is 0. The molecule has 1 amide bonds. The summed E-state index contributed by atoms with van der Waals surface area (Å²) >= 11 is 0. The van der Waals surface area contributed by atoms with E-state index in [1.807, 2.05) is 0 Å². The second-order valence-electron chi connectivity index (χ2n) is 5.54. The Kier molecular flexibility index (Phi) is 4.78. The number of halogens is 1. The lowest BCUT2D eigenvalue weighted by atomic mass is 10.0. The molecule has 0 bridgehead atoms. The van der Waals surface area contributed by atoms with E-state index >= 15 is 0 Å². The average molecular weight is 319 g/mol. The Morgan fingerprint density at radius 2 is 1.96 bits per heavy atom. The molecule has 0 aliphatic rings. The predicted octanol–water partition coefficient (Wildman–Crippen LogP) is 2.16. The van der Waals surface area contributed by atoms with Gasteiger partial charge in [-0.1, -0.05) is 26.0 Å². The number of carboxylic acid groups (broad SMARTS) is 1. The second-order valence-corrected chi connectivity index (χ2v) is 5.54. The van der Waals surface area contributed by atoms with Crippen LogP contribution in [0.4, 0.5) is 4.39 Å². The van der Waals surface area contributed by atoms with E-state index in [4.69, 9.17) is 5.11 Å². The van der Waals surface area contributed by atoms with Crippen molar-refractivity contribution in [2.24, 2.45) is 5.92 Å². The van der Waals surface area contributed by atoms with Gasteiger partial charge >= 0.3 is 5.97 Å². The lowest BCUT2D eigenvalue weighted by Gasteiger charge is -2.17. The Balaban J connectivity index is 2.31. The molecule has 0 fully saturated rings. The van der Waals surface area contributed by atoms with Crippen molar-refractivity contribution < 1.29 is 19.1 Å². The molecule has 1 atom stereocenters. The highest BCUT2D eigenvalue weighted by atomic mass is 19.1. The molecule has 0 saturated heterocycles.